The molecule has 0 radical (unpaired) electrons. The molecule has 4 rings (SSSR count). The van der Waals surface area contributed by atoms with Gasteiger partial charge in [0, 0.05) is 19.7 Å². The van der Waals surface area contributed by atoms with E-state index in [4.69, 9.17) is 9.47 Å². The number of pyridine rings is 1. The van der Waals surface area contributed by atoms with Crippen LogP contribution in [0.3, 0.4) is 0 Å². The molecule has 0 bridgehead atoms. The molecule has 1 aliphatic heterocycles. The number of nitrogens with zero attached hydrogens (tertiary/aromatic N) is 2. The predicted octanol–water partition coefficient (Wildman–Crippen LogP) is 2.82. The Hall–Kier alpha value is -3.46. The summed E-state index contributed by atoms with van der Waals surface area (Å²) in [5, 5.41) is 5.55. The number of benzene rings is 1. The van der Waals surface area contributed by atoms with E-state index in [0.717, 1.165) is 17.1 Å². The van der Waals surface area contributed by atoms with Crippen molar-refractivity contribution in [3.05, 3.63) is 53.0 Å². The first-order chi connectivity index (χ1) is 13.6. The summed E-state index contributed by atoms with van der Waals surface area (Å²) in [6.45, 7) is 1.88. The number of hydrogen-bond acceptors (Lipinski definition) is 7. The lowest BCUT2D eigenvalue weighted by atomic mass is 10.2. The summed E-state index contributed by atoms with van der Waals surface area (Å²) in [4.78, 5) is 28.9. The van der Waals surface area contributed by atoms with Crippen LogP contribution in [-0.4, -0.2) is 28.0 Å². The Labute approximate surface area is 164 Å². The van der Waals surface area contributed by atoms with Crippen LogP contribution >= 0.6 is 11.5 Å². The van der Waals surface area contributed by atoms with E-state index < -0.39 is 0 Å². The van der Waals surface area contributed by atoms with E-state index in [0.29, 0.717) is 40.0 Å². The van der Waals surface area contributed by atoms with Crippen LogP contribution < -0.4 is 20.1 Å². The van der Waals surface area contributed by atoms with Gasteiger partial charge in [0.1, 0.15) is 10.6 Å². The number of amides is 2. The van der Waals surface area contributed by atoms with Gasteiger partial charge in [-0.25, -0.2) is 0 Å². The van der Waals surface area contributed by atoms with Crippen molar-refractivity contribution in [1.82, 2.24) is 14.7 Å². The summed E-state index contributed by atoms with van der Waals surface area (Å²) >= 11 is 1.01. The van der Waals surface area contributed by atoms with Crippen LogP contribution in [0.2, 0.25) is 0 Å². The highest BCUT2D eigenvalue weighted by Gasteiger charge is 2.22. The minimum absolute atomic E-state index is 0.197. The van der Waals surface area contributed by atoms with E-state index in [9.17, 15) is 9.59 Å². The Kier molecular flexibility index (Phi) is 4.90. The first-order valence-corrected chi connectivity index (χ1v) is 9.24. The minimum atomic E-state index is -0.332. The number of ether oxygens (including phenoxy) is 2. The van der Waals surface area contributed by atoms with Crippen molar-refractivity contribution in [3.8, 4) is 22.9 Å². The highest BCUT2D eigenvalue weighted by Crippen LogP contribution is 2.33. The normalized spacial score (nSPS) is 11.9. The van der Waals surface area contributed by atoms with Crippen molar-refractivity contribution in [3.63, 3.8) is 0 Å². The Morgan fingerprint density at radius 1 is 1.18 bits per heavy atom. The van der Waals surface area contributed by atoms with Gasteiger partial charge in [-0.15, -0.1) is 0 Å². The highest BCUT2D eigenvalue weighted by molar-refractivity contribution is 7.09. The fourth-order valence-electron chi connectivity index (χ4n) is 2.73. The van der Waals surface area contributed by atoms with E-state index in [2.05, 4.69) is 20.0 Å². The third-order valence-corrected chi connectivity index (χ3v) is 4.84. The Balaban J connectivity index is 1.55. The number of carbonyl (C=O) groups excluding carboxylic acids is 2. The molecule has 28 heavy (non-hydrogen) atoms. The molecule has 2 aromatic heterocycles. The van der Waals surface area contributed by atoms with E-state index >= 15 is 0 Å². The molecule has 3 aromatic rings. The lowest BCUT2D eigenvalue weighted by molar-refractivity contribution is -0.114. The molecule has 0 spiro atoms. The standard InChI is InChI=1S/C19H16N4O4S/c1-11(24)22-17-16(13-4-2-3-7-20-13)23-28-18(17)19(25)21-9-12-5-6-14-15(8-12)27-10-26-14/h2-8H,9-10H2,1H3,(H,21,25)(H,22,24). The van der Waals surface area contributed by atoms with Crippen molar-refractivity contribution in [2.75, 3.05) is 12.1 Å². The molecule has 1 aliphatic rings. The number of aromatic nitrogens is 2. The number of carbonyl (C=O) groups is 2. The molecule has 8 nitrogen and oxygen atoms in total. The van der Waals surface area contributed by atoms with Gasteiger partial charge in [0.15, 0.2) is 11.5 Å². The zero-order valence-corrected chi connectivity index (χ0v) is 15.7. The summed E-state index contributed by atoms with van der Waals surface area (Å²) in [6.07, 6.45) is 1.63. The molecule has 2 N–H and O–H groups in total. The molecule has 142 valence electrons. The van der Waals surface area contributed by atoms with E-state index in [1.165, 1.54) is 6.92 Å². The van der Waals surface area contributed by atoms with Crippen LogP contribution in [0.25, 0.3) is 11.4 Å². The van der Waals surface area contributed by atoms with E-state index in [-0.39, 0.29) is 18.6 Å². The number of anilines is 1. The number of fused-ring (bicyclic) bond motifs is 1. The average Bonchev–Trinajstić information content (AvgIpc) is 3.33. The third kappa shape index (κ3) is 3.65. The van der Waals surface area contributed by atoms with Gasteiger partial charge in [-0.1, -0.05) is 12.1 Å². The number of nitrogens with one attached hydrogen (secondary N) is 2. The highest BCUT2D eigenvalue weighted by atomic mass is 32.1. The molecular formula is C19H16N4O4S. The van der Waals surface area contributed by atoms with Crippen LogP contribution in [0.4, 0.5) is 5.69 Å². The van der Waals surface area contributed by atoms with Gasteiger partial charge in [0.2, 0.25) is 12.7 Å². The van der Waals surface area contributed by atoms with Crippen LogP contribution in [0, 0.1) is 0 Å². The zero-order valence-electron chi connectivity index (χ0n) is 14.9. The first kappa shape index (κ1) is 17.9. The molecule has 0 saturated carbocycles. The van der Waals surface area contributed by atoms with Crippen molar-refractivity contribution >= 4 is 29.0 Å². The van der Waals surface area contributed by atoms with E-state index in [1.54, 1.807) is 24.4 Å². The second-order valence-electron chi connectivity index (χ2n) is 6.00. The molecule has 3 heterocycles. The summed E-state index contributed by atoms with van der Waals surface area (Å²) in [7, 11) is 0. The van der Waals surface area contributed by atoms with Crippen LogP contribution in [0.15, 0.2) is 42.6 Å². The van der Waals surface area contributed by atoms with Gasteiger partial charge in [-0.05, 0) is 41.4 Å². The van der Waals surface area contributed by atoms with Crippen molar-refractivity contribution in [2.24, 2.45) is 0 Å². The summed E-state index contributed by atoms with van der Waals surface area (Å²) in [5.74, 6) is 0.717. The Bertz CT molecular complexity index is 1040. The molecule has 0 unspecified atom stereocenters. The molecule has 1 aromatic carbocycles. The molecule has 2 amide bonds. The fourth-order valence-corrected chi connectivity index (χ4v) is 3.49. The lowest BCUT2D eigenvalue weighted by Crippen LogP contribution is -2.23. The Morgan fingerprint density at radius 2 is 2.04 bits per heavy atom. The smallest absolute Gasteiger partial charge is 0.265 e. The van der Waals surface area contributed by atoms with Gasteiger partial charge in [0.25, 0.3) is 5.91 Å². The lowest BCUT2D eigenvalue weighted by Gasteiger charge is -2.08. The molecule has 9 heteroatoms. The second-order valence-corrected chi connectivity index (χ2v) is 6.78. The maximum absolute atomic E-state index is 12.7. The third-order valence-electron chi connectivity index (χ3n) is 4.00. The summed E-state index contributed by atoms with van der Waals surface area (Å²) in [6, 6.07) is 10.9. The Morgan fingerprint density at radius 3 is 2.82 bits per heavy atom. The van der Waals surface area contributed by atoms with Crippen LogP contribution in [0.5, 0.6) is 11.5 Å². The largest absolute Gasteiger partial charge is 0.454 e. The van der Waals surface area contributed by atoms with Crippen molar-refractivity contribution in [1.29, 1.82) is 0 Å². The van der Waals surface area contributed by atoms with Crippen LogP contribution in [0.1, 0.15) is 22.2 Å². The number of hydrogen-bond donors (Lipinski definition) is 2. The molecular weight excluding hydrogens is 380 g/mol. The van der Waals surface area contributed by atoms with Gasteiger partial charge in [-0.2, -0.15) is 4.37 Å². The van der Waals surface area contributed by atoms with Crippen LogP contribution in [-0.2, 0) is 11.3 Å². The van der Waals surface area contributed by atoms with Gasteiger partial charge < -0.3 is 20.1 Å². The number of rotatable bonds is 5. The molecule has 0 atom stereocenters. The van der Waals surface area contributed by atoms with Gasteiger partial charge in [0.05, 0.1) is 11.4 Å². The zero-order chi connectivity index (χ0) is 19.5. The van der Waals surface area contributed by atoms with Gasteiger partial charge >= 0.3 is 0 Å². The monoisotopic (exact) mass is 396 g/mol. The summed E-state index contributed by atoms with van der Waals surface area (Å²) in [5.41, 5.74) is 2.28. The molecule has 0 aliphatic carbocycles. The summed E-state index contributed by atoms with van der Waals surface area (Å²) < 4.78 is 15.0. The maximum atomic E-state index is 12.7. The minimum Gasteiger partial charge on any atom is -0.454 e. The molecule has 0 saturated heterocycles. The quantitative estimate of drug-likeness (QED) is 0.688. The topological polar surface area (TPSA) is 102 Å². The van der Waals surface area contributed by atoms with Crippen molar-refractivity contribution in [2.45, 2.75) is 13.5 Å². The average molecular weight is 396 g/mol. The van der Waals surface area contributed by atoms with E-state index in [1.807, 2.05) is 18.2 Å². The molecule has 0 fully saturated rings. The predicted molar refractivity (Wildman–Crippen MR) is 103 cm³/mol. The fraction of sp³-hybridized carbons (Fsp3) is 0.158. The first-order valence-electron chi connectivity index (χ1n) is 8.47. The maximum Gasteiger partial charge on any atom is 0.265 e. The SMILES string of the molecule is CC(=O)Nc1c(-c2ccccn2)nsc1C(=O)NCc1ccc2c(c1)OCO2. The second kappa shape index (κ2) is 7.65. The van der Waals surface area contributed by atoms with Crippen molar-refractivity contribution < 1.29 is 19.1 Å². The van der Waals surface area contributed by atoms with Gasteiger partial charge in [-0.3, -0.25) is 14.6 Å².